The van der Waals surface area contributed by atoms with Crippen molar-refractivity contribution in [2.75, 3.05) is 11.4 Å². The first kappa shape index (κ1) is 11.2. The number of carbonyl (C=O) groups is 1. The number of ketones is 1. The molecule has 16 heavy (non-hydrogen) atoms. The van der Waals surface area contributed by atoms with Crippen molar-refractivity contribution < 1.29 is 4.79 Å². The van der Waals surface area contributed by atoms with Crippen LogP contribution in [0.25, 0.3) is 0 Å². The van der Waals surface area contributed by atoms with Gasteiger partial charge in [0.25, 0.3) is 0 Å². The van der Waals surface area contributed by atoms with Crippen LogP contribution in [-0.4, -0.2) is 17.9 Å². The first-order chi connectivity index (χ1) is 7.52. The summed E-state index contributed by atoms with van der Waals surface area (Å²) in [6.07, 6.45) is 2.40. The maximum absolute atomic E-state index is 11.6. The number of hydrogen-bond donors (Lipinski definition) is 0. The van der Waals surface area contributed by atoms with Crippen LogP contribution < -0.4 is 4.90 Å². The van der Waals surface area contributed by atoms with E-state index in [2.05, 4.69) is 24.8 Å². The molecule has 0 amide bonds. The molecule has 0 unspecified atom stereocenters. The van der Waals surface area contributed by atoms with Gasteiger partial charge in [-0.3, -0.25) is 4.79 Å². The summed E-state index contributed by atoms with van der Waals surface area (Å²) in [7, 11) is 0. The molecule has 1 heterocycles. The molecular weight excluding hydrogens is 198 g/mol. The van der Waals surface area contributed by atoms with Gasteiger partial charge < -0.3 is 4.90 Å². The van der Waals surface area contributed by atoms with Gasteiger partial charge in [-0.25, -0.2) is 0 Å². The third-order valence-electron chi connectivity index (χ3n) is 3.48. The summed E-state index contributed by atoms with van der Waals surface area (Å²) in [6.45, 7) is 7.19. The summed E-state index contributed by atoms with van der Waals surface area (Å²) < 4.78 is 0. The van der Waals surface area contributed by atoms with Crippen molar-refractivity contribution >= 4 is 11.5 Å². The zero-order chi connectivity index (χ0) is 11.8. The molecule has 2 nitrogen and oxygen atoms in total. The highest BCUT2D eigenvalue weighted by Crippen LogP contribution is 2.35. The molecule has 0 aliphatic carbocycles. The van der Waals surface area contributed by atoms with E-state index in [4.69, 9.17) is 0 Å². The van der Waals surface area contributed by atoms with Crippen molar-refractivity contribution in [1.29, 1.82) is 0 Å². The van der Waals surface area contributed by atoms with Gasteiger partial charge in [0.2, 0.25) is 0 Å². The Labute approximate surface area is 97.3 Å². The molecular formula is C14H19NO. The fraction of sp³-hybridized carbons (Fsp3) is 0.500. The Hall–Kier alpha value is -1.31. The third-order valence-corrected chi connectivity index (χ3v) is 3.48. The molecule has 86 valence electrons. The third kappa shape index (κ3) is 1.84. The van der Waals surface area contributed by atoms with E-state index in [1.165, 1.54) is 12.8 Å². The van der Waals surface area contributed by atoms with Crippen molar-refractivity contribution in [3.8, 4) is 0 Å². The highest BCUT2D eigenvalue weighted by Gasteiger charge is 2.33. The second-order valence-electron chi connectivity index (χ2n) is 5.14. The molecule has 0 radical (unpaired) electrons. The smallest absolute Gasteiger partial charge is 0.161 e. The Morgan fingerprint density at radius 3 is 2.56 bits per heavy atom. The fourth-order valence-electron chi connectivity index (χ4n) is 2.56. The van der Waals surface area contributed by atoms with Gasteiger partial charge in [-0.05, 0) is 45.7 Å². The number of para-hydroxylation sites is 1. The zero-order valence-electron chi connectivity index (χ0n) is 10.3. The molecule has 0 atom stereocenters. The van der Waals surface area contributed by atoms with Crippen LogP contribution in [0.1, 0.15) is 44.0 Å². The fourth-order valence-corrected chi connectivity index (χ4v) is 2.56. The maximum Gasteiger partial charge on any atom is 0.161 e. The molecule has 0 spiro atoms. The molecule has 1 aliphatic rings. The summed E-state index contributed by atoms with van der Waals surface area (Å²) in [5.41, 5.74) is 2.11. The number of anilines is 1. The van der Waals surface area contributed by atoms with Gasteiger partial charge in [0.05, 0.1) is 0 Å². The van der Waals surface area contributed by atoms with Gasteiger partial charge in [-0.2, -0.15) is 0 Å². The molecule has 2 rings (SSSR count). The second kappa shape index (κ2) is 3.93. The molecule has 0 bridgehead atoms. The molecule has 1 aromatic carbocycles. The SMILES string of the molecule is CC(=O)c1ccccc1N1CCCC1(C)C. The summed E-state index contributed by atoms with van der Waals surface area (Å²) in [5.74, 6) is 0.151. The van der Waals surface area contributed by atoms with Crippen LogP contribution in [0.15, 0.2) is 24.3 Å². The van der Waals surface area contributed by atoms with Crippen LogP contribution in [0, 0.1) is 0 Å². The number of benzene rings is 1. The summed E-state index contributed by atoms with van der Waals surface area (Å²) >= 11 is 0. The van der Waals surface area contributed by atoms with Crippen LogP contribution in [0.2, 0.25) is 0 Å². The monoisotopic (exact) mass is 217 g/mol. The minimum absolute atomic E-state index is 0.151. The number of Topliss-reactive ketones (excluding diaryl/α,β-unsaturated/α-hetero) is 1. The summed E-state index contributed by atoms with van der Waals surface area (Å²) in [4.78, 5) is 14.0. The first-order valence-electron chi connectivity index (χ1n) is 5.90. The van der Waals surface area contributed by atoms with E-state index in [1.54, 1.807) is 6.92 Å². The lowest BCUT2D eigenvalue weighted by molar-refractivity contribution is 0.101. The molecule has 0 aromatic heterocycles. The number of nitrogens with zero attached hydrogens (tertiary/aromatic N) is 1. The Balaban J connectivity index is 2.44. The van der Waals surface area contributed by atoms with Crippen LogP contribution in [0.5, 0.6) is 0 Å². The standard InChI is InChI=1S/C14H19NO/c1-11(16)12-7-4-5-8-13(12)15-10-6-9-14(15,2)3/h4-5,7-8H,6,9-10H2,1-3H3. The number of rotatable bonds is 2. The Kier molecular flexibility index (Phi) is 2.75. The van der Waals surface area contributed by atoms with Crippen molar-refractivity contribution in [3.05, 3.63) is 29.8 Å². The predicted molar refractivity (Wildman–Crippen MR) is 67.1 cm³/mol. The normalized spacial score (nSPS) is 18.8. The summed E-state index contributed by atoms with van der Waals surface area (Å²) in [5, 5.41) is 0. The minimum Gasteiger partial charge on any atom is -0.366 e. The second-order valence-corrected chi connectivity index (χ2v) is 5.14. The van der Waals surface area contributed by atoms with E-state index in [1.807, 2.05) is 18.2 Å². The van der Waals surface area contributed by atoms with Gasteiger partial charge in [0, 0.05) is 23.3 Å². The van der Waals surface area contributed by atoms with Crippen LogP contribution in [0.3, 0.4) is 0 Å². The molecule has 1 aromatic rings. The van der Waals surface area contributed by atoms with E-state index in [-0.39, 0.29) is 11.3 Å². The average molecular weight is 217 g/mol. The largest absolute Gasteiger partial charge is 0.366 e. The van der Waals surface area contributed by atoms with Crippen LogP contribution in [-0.2, 0) is 0 Å². The minimum atomic E-state index is 0.151. The van der Waals surface area contributed by atoms with E-state index >= 15 is 0 Å². The lowest BCUT2D eigenvalue weighted by Gasteiger charge is -2.34. The van der Waals surface area contributed by atoms with Gasteiger partial charge in [0.15, 0.2) is 5.78 Å². The molecule has 1 aliphatic heterocycles. The number of carbonyl (C=O) groups excluding carboxylic acids is 1. The molecule has 1 fully saturated rings. The van der Waals surface area contributed by atoms with E-state index in [9.17, 15) is 4.79 Å². The first-order valence-corrected chi connectivity index (χ1v) is 5.90. The van der Waals surface area contributed by atoms with E-state index in [0.717, 1.165) is 17.8 Å². The molecule has 1 saturated heterocycles. The zero-order valence-corrected chi connectivity index (χ0v) is 10.3. The maximum atomic E-state index is 11.6. The van der Waals surface area contributed by atoms with Gasteiger partial charge in [-0.15, -0.1) is 0 Å². The van der Waals surface area contributed by atoms with Crippen molar-refractivity contribution in [1.82, 2.24) is 0 Å². The lowest BCUT2D eigenvalue weighted by atomic mass is 10.00. The van der Waals surface area contributed by atoms with E-state index < -0.39 is 0 Å². The van der Waals surface area contributed by atoms with Crippen molar-refractivity contribution in [2.45, 2.75) is 39.2 Å². The van der Waals surface area contributed by atoms with Crippen molar-refractivity contribution in [2.24, 2.45) is 0 Å². The van der Waals surface area contributed by atoms with Gasteiger partial charge in [0.1, 0.15) is 0 Å². The van der Waals surface area contributed by atoms with E-state index in [0.29, 0.717) is 0 Å². The molecule has 2 heteroatoms. The molecule has 0 N–H and O–H groups in total. The topological polar surface area (TPSA) is 20.3 Å². The molecule has 0 saturated carbocycles. The average Bonchev–Trinajstić information content (AvgIpc) is 2.58. The van der Waals surface area contributed by atoms with Gasteiger partial charge >= 0.3 is 0 Å². The Morgan fingerprint density at radius 1 is 1.31 bits per heavy atom. The van der Waals surface area contributed by atoms with Crippen molar-refractivity contribution in [3.63, 3.8) is 0 Å². The quantitative estimate of drug-likeness (QED) is 0.709. The predicted octanol–water partition coefficient (Wildman–Crippen LogP) is 3.27. The Bertz CT molecular complexity index is 409. The van der Waals surface area contributed by atoms with Gasteiger partial charge in [-0.1, -0.05) is 12.1 Å². The number of hydrogen-bond acceptors (Lipinski definition) is 2. The Morgan fingerprint density at radius 2 is 2.00 bits per heavy atom. The highest BCUT2D eigenvalue weighted by atomic mass is 16.1. The highest BCUT2D eigenvalue weighted by molar-refractivity contribution is 5.99. The summed E-state index contributed by atoms with van der Waals surface area (Å²) in [6, 6.07) is 7.93. The van der Waals surface area contributed by atoms with Crippen LogP contribution >= 0.6 is 0 Å². The van der Waals surface area contributed by atoms with Crippen LogP contribution in [0.4, 0.5) is 5.69 Å². The lowest BCUT2D eigenvalue weighted by Crippen LogP contribution is -2.38.